The normalized spacial score (nSPS) is 19.9. The van der Waals surface area contributed by atoms with Gasteiger partial charge in [0.2, 0.25) is 0 Å². The van der Waals surface area contributed by atoms with Crippen molar-refractivity contribution in [1.29, 1.82) is 0 Å². The lowest BCUT2D eigenvalue weighted by molar-refractivity contribution is -0.121. The van der Waals surface area contributed by atoms with Gasteiger partial charge in [-0.3, -0.25) is 4.79 Å². The van der Waals surface area contributed by atoms with Gasteiger partial charge in [-0.15, -0.1) is 6.58 Å². The van der Waals surface area contributed by atoms with E-state index in [9.17, 15) is 4.79 Å². The number of carbonyl (C=O) groups is 1. The third-order valence-corrected chi connectivity index (χ3v) is 3.42. The predicted molar refractivity (Wildman–Crippen MR) is 64.8 cm³/mol. The van der Waals surface area contributed by atoms with Gasteiger partial charge in [0.05, 0.1) is 0 Å². The van der Waals surface area contributed by atoms with Gasteiger partial charge in [0, 0.05) is 12.8 Å². The summed E-state index contributed by atoms with van der Waals surface area (Å²) in [6.45, 7) is 9.89. The SMILES string of the molecule is C=CCCC(=O)CC1(C)CCC(=C)CC1. The highest BCUT2D eigenvalue weighted by atomic mass is 16.1. The van der Waals surface area contributed by atoms with Gasteiger partial charge in [0.15, 0.2) is 0 Å². The Hall–Kier alpha value is -0.850. The summed E-state index contributed by atoms with van der Waals surface area (Å²) in [5.74, 6) is 0.393. The van der Waals surface area contributed by atoms with Crippen molar-refractivity contribution in [3.05, 3.63) is 24.8 Å². The van der Waals surface area contributed by atoms with Gasteiger partial charge in [-0.2, -0.15) is 0 Å². The molecule has 0 aromatic heterocycles. The van der Waals surface area contributed by atoms with Crippen molar-refractivity contribution >= 4 is 5.78 Å². The van der Waals surface area contributed by atoms with E-state index in [1.165, 1.54) is 5.57 Å². The van der Waals surface area contributed by atoms with Crippen LogP contribution in [0.5, 0.6) is 0 Å². The highest BCUT2D eigenvalue weighted by Gasteiger charge is 2.29. The molecular weight excluding hydrogens is 184 g/mol. The number of rotatable bonds is 5. The van der Waals surface area contributed by atoms with Crippen LogP contribution in [0.3, 0.4) is 0 Å². The fourth-order valence-electron chi connectivity index (χ4n) is 2.21. The Morgan fingerprint density at radius 2 is 2.07 bits per heavy atom. The van der Waals surface area contributed by atoms with Gasteiger partial charge in [0.1, 0.15) is 5.78 Å². The third-order valence-electron chi connectivity index (χ3n) is 3.42. The van der Waals surface area contributed by atoms with Gasteiger partial charge < -0.3 is 0 Å². The Labute approximate surface area is 93.3 Å². The fraction of sp³-hybridized carbons (Fsp3) is 0.643. The number of ketones is 1. The molecule has 0 saturated heterocycles. The third kappa shape index (κ3) is 4.03. The summed E-state index contributed by atoms with van der Waals surface area (Å²) in [5, 5.41) is 0. The molecule has 0 radical (unpaired) electrons. The van der Waals surface area contributed by atoms with E-state index in [0.29, 0.717) is 12.2 Å². The van der Waals surface area contributed by atoms with Crippen LogP contribution in [0.15, 0.2) is 24.8 Å². The van der Waals surface area contributed by atoms with E-state index in [2.05, 4.69) is 20.1 Å². The van der Waals surface area contributed by atoms with Gasteiger partial charge in [-0.1, -0.05) is 25.2 Å². The first-order chi connectivity index (χ1) is 7.06. The van der Waals surface area contributed by atoms with E-state index >= 15 is 0 Å². The molecule has 0 bridgehead atoms. The number of allylic oxidation sites excluding steroid dienone is 2. The summed E-state index contributed by atoms with van der Waals surface area (Å²) in [4.78, 5) is 11.7. The van der Waals surface area contributed by atoms with Crippen molar-refractivity contribution in [1.82, 2.24) is 0 Å². The second-order valence-electron chi connectivity index (χ2n) is 5.10. The van der Waals surface area contributed by atoms with Crippen LogP contribution in [-0.2, 0) is 4.79 Å². The Morgan fingerprint density at radius 3 is 2.60 bits per heavy atom. The van der Waals surface area contributed by atoms with Crippen molar-refractivity contribution in [2.45, 2.75) is 51.9 Å². The summed E-state index contributed by atoms with van der Waals surface area (Å²) >= 11 is 0. The van der Waals surface area contributed by atoms with Crippen molar-refractivity contribution < 1.29 is 4.79 Å². The van der Waals surface area contributed by atoms with Crippen LogP contribution in [0.2, 0.25) is 0 Å². The molecule has 84 valence electrons. The molecule has 1 rings (SSSR count). The smallest absolute Gasteiger partial charge is 0.133 e. The van der Waals surface area contributed by atoms with Crippen LogP contribution in [0.4, 0.5) is 0 Å². The van der Waals surface area contributed by atoms with E-state index in [1.54, 1.807) is 0 Å². The van der Waals surface area contributed by atoms with Crippen molar-refractivity contribution in [2.24, 2.45) is 5.41 Å². The minimum absolute atomic E-state index is 0.236. The number of Topliss-reactive ketones (excluding diaryl/α,β-unsaturated/α-hetero) is 1. The van der Waals surface area contributed by atoms with E-state index < -0.39 is 0 Å². The molecule has 1 nitrogen and oxygen atoms in total. The summed E-state index contributed by atoms with van der Waals surface area (Å²) < 4.78 is 0. The number of hydrogen-bond acceptors (Lipinski definition) is 1. The minimum Gasteiger partial charge on any atom is -0.300 e. The van der Waals surface area contributed by atoms with Gasteiger partial charge in [-0.05, 0) is 37.5 Å². The summed E-state index contributed by atoms with van der Waals surface area (Å²) in [6, 6.07) is 0. The van der Waals surface area contributed by atoms with Crippen LogP contribution in [-0.4, -0.2) is 5.78 Å². The van der Waals surface area contributed by atoms with Gasteiger partial charge in [-0.25, -0.2) is 0 Å². The topological polar surface area (TPSA) is 17.1 Å². The monoisotopic (exact) mass is 206 g/mol. The molecular formula is C14H22O. The molecule has 1 fully saturated rings. The van der Waals surface area contributed by atoms with E-state index in [0.717, 1.165) is 38.5 Å². The average molecular weight is 206 g/mol. The quantitative estimate of drug-likeness (QED) is 0.620. The molecule has 1 heteroatoms. The number of carbonyl (C=O) groups excluding carboxylic acids is 1. The van der Waals surface area contributed by atoms with E-state index in [1.807, 2.05) is 6.08 Å². The second kappa shape index (κ2) is 5.29. The molecule has 1 saturated carbocycles. The van der Waals surface area contributed by atoms with Crippen LogP contribution in [0, 0.1) is 5.41 Å². The van der Waals surface area contributed by atoms with Crippen molar-refractivity contribution in [2.75, 3.05) is 0 Å². The molecule has 0 amide bonds. The second-order valence-corrected chi connectivity index (χ2v) is 5.10. The van der Waals surface area contributed by atoms with Crippen LogP contribution >= 0.6 is 0 Å². The molecule has 0 aromatic rings. The summed E-state index contributed by atoms with van der Waals surface area (Å²) in [7, 11) is 0. The Balaban J connectivity index is 2.39. The standard InChI is InChI=1S/C14H22O/c1-4-5-6-13(15)11-14(3)9-7-12(2)8-10-14/h4H,1-2,5-11H2,3H3. The predicted octanol–water partition coefficient (Wildman–Crippen LogP) is 4.05. The lowest BCUT2D eigenvalue weighted by atomic mass is 9.71. The molecule has 0 atom stereocenters. The maximum Gasteiger partial charge on any atom is 0.133 e. The van der Waals surface area contributed by atoms with Gasteiger partial charge >= 0.3 is 0 Å². The first-order valence-corrected chi connectivity index (χ1v) is 5.85. The lowest BCUT2D eigenvalue weighted by Crippen LogP contribution is -2.24. The van der Waals surface area contributed by atoms with Crippen molar-refractivity contribution in [3.63, 3.8) is 0 Å². The molecule has 0 unspecified atom stereocenters. The first kappa shape index (κ1) is 12.2. The molecule has 1 aliphatic rings. The zero-order valence-electron chi connectivity index (χ0n) is 9.85. The van der Waals surface area contributed by atoms with Crippen LogP contribution in [0.1, 0.15) is 51.9 Å². The summed E-state index contributed by atoms with van der Waals surface area (Å²) in [5.41, 5.74) is 1.59. The fourth-order valence-corrected chi connectivity index (χ4v) is 2.21. The van der Waals surface area contributed by atoms with Crippen LogP contribution < -0.4 is 0 Å². The van der Waals surface area contributed by atoms with Crippen molar-refractivity contribution in [3.8, 4) is 0 Å². The Bertz CT molecular complexity index is 253. The zero-order valence-corrected chi connectivity index (χ0v) is 9.85. The Kier molecular flexibility index (Phi) is 4.31. The lowest BCUT2D eigenvalue weighted by Gasteiger charge is -2.34. The van der Waals surface area contributed by atoms with Gasteiger partial charge in [0.25, 0.3) is 0 Å². The highest BCUT2D eigenvalue weighted by molar-refractivity contribution is 5.79. The number of hydrogen-bond donors (Lipinski definition) is 0. The molecule has 0 heterocycles. The maximum atomic E-state index is 11.7. The zero-order chi connectivity index (χ0) is 11.3. The average Bonchev–Trinajstić information content (AvgIpc) is 2.20. The van der Waals surface area contributed by atoms with E-state index in [-0.39, 0.29) is 5.41 Å². The minimum atomic E-state index is 0.236. The molecule has 0 N–H and O–H groups in total. The highest BCUT2D eigenvalue weighted by Crippen LogP contribution is 2.40. The molecule has 0 aliphatic heterocycles. The maximum absolute atomic E-state index is 11.7. The molecule has 0 aromatic carbocycles. The largest absolute Gasteiger partial charge is 0.300 e. The van der Waals surface area contributed by atoms with Crippen LogP contribution in [0.25, 0.3) is 0 Å². The first-order valence-electron chi connectivity index (χ1n) is 5.85. The molecule has 0 spiro atoms. The molecule has 1 aliphatic carbocycles. The van der Waals surface area contributed by atoms with E-state index in [4.69, 9.17) is 0 Å². The molecule has 15 heavy (non-hydrogen) atoms. The Morgan fingerprint density at radius 1 is 1.47 bits per heavy atom. The summed E-state index contributed by atoms with van der Waals surface area (Å²) in [6.07, 6.45) is 8.52.